The van der Waals surface area contributed by atoms with E-state index in [9.17, 15) is 10.1 Å². The molecular formula is C15H24N2O3. The van der Waals surface area contributed by atoms with Gasteiger partial charge in [-0.25, -0.2) is 0 Å². The zero-order chi connectivity index (χ0) is 14.6. The number of carbonyl (C=O) groups is 1. The summed E-state index contributed by atoms with van der Waals surface area (Å²) in [5.41, 5.74) is -0.826. The Labute approximate surface area is 120 Å². The molecule has 0 bridgehead atoms. The lowest BCUT2D eigenvalue weighted by Gasteiger charge is -2.44. The summed E-state index contributed by atoms with van der Waals surface area (Å²) in [6.07, 6.45) is 5.11. The number of nitriles is 1. The monoisotopic (exact) mass is 280 g/mol. The summed E-state index contributed by atoms with van der Waals surface area (Å²) in [6.45, 7) is 2.60. The molecule has 112 valence electrons. The first-order chi connectivity index (χ1) is 9.66. The van der Waals surface area contributed by atoms with Crippen molar-refractivity contribution in [2.75, 3.05) is 13.7 Å². The Kier molecular flexibility index (Phi) is 5.00. The fraction of sp³-hybridized carbons (Fsp3) is 0.867. The van der Waals surface area contributed by atoms with Crippen LogP contribution >= 0.6 is 0 Å². The number of carbonyl (C=O) groups excluding carboxylic acids is 1. The predicted octanol–water partition coefficient (Wildman–Crippen LogP) is 1.77. The second-order valence-electron chi connectivity index (χ2n) is 5.76. The van der Waals surface area contributed by atoms with Crippen LogP contribution in [0.15, 0.2) is 0 Å². The molecule has 0 aromatic heterocycles. The van der Waals surface area contributed by atoms with Crippen molar-refractivity contribution in [3.63, 3.8) is 0 Å². The van der Waals surface area contributed by atoms with Crippen LogP contribution in [0.3, 0.4) is 0 Å². The van der Waals surface area contributed by atoms with Crippen LogP contribution in [-0.4, -0.2) is 37.9 Å². The summed E-state index contributed by atoms with van der Waals surface area (Å²) in [7, 11) is 1.63. The molecule has 2 fully saturated rings. The lowest BCUT2D eigenvalue weighted by atomic mass is 9.73. The van der Waals surface area contributed by atoms with E-state index in [0.29, 0.717) is 19.4 Å². The Morgan fingerprint density at radius 3 is 2.65 bits per heavy atom. The Morgan fingerprint density at radius 1 is 1.40 bits per heavy atom. The maximum atomic E-state index is 12.5. The van der Waals surface area contributed by atoms with E-state index >= 15 is 0 Å². The maximum Gasteiger partial charge on any atom is 0.240 e. The lowest BCUT2D eigenvalue weighted by Crippen LogP contribution is -2.62. The van der Waals surface area contributed by atoms with E-state index in [1.54, 1.807) is 7.11 Å². The standard InChI is InChI=1S/C15H24N2O3/c1-3-20-12-9-11(13(12)19-2)17-14(18)15(10-16)7-5-4-6-8-15/h11-13H,3-9H2,1-2H3,(H,17,18)/t11-,12+,13+/m0/s1. The SMILES string of the molecule is CCO[C@@H]1C[C@H](NC(=O)C2(C#N)CCCCC2)[C@H]1OC. The fourth-order valence-corrected chi connectivity index (χ4v) is 3.27. The van der Waals surface area contributed by atoms with E-state index in [0.717, 1.165) is 25.7 Å². The number of nitrogens with zero attached hydrogens (tertiary/aromatic N) is 1. The third-order valence-electron chi connectivity index (χ3n) is 4.57. The zero-order valence-corrected chi connectivity index (χ0v) is 12.4. The molecule has 1 N–H and O–H groups in total. The van der Waals surface area contributed by atoms with Gasteiger partial charge in [-0.15, -0.1) is 0 Å². The highest BCUT2D eigenvalue weighted by Crippen LogP contribution is 2.37. The Hall–Kier alpha value is -1.12. The van der Waals surface area contributed by atoms with Gasteiger partial charge in [0.1, 0.15) is 11.5 Å². The highest BCUT2D eigenvalue weighted by molar-refractivity contribution is 5.85. The first-order valence-corrected chi connectivity index (χ1v) is 7.53. The summed E-state index contributed by atoms with van der Waals surface area (Å²) in [6, 6.07) is 2.22. The van der Waals surface area contributed by atoms with Crippen LogP contribution in [0.25, 0.3) is 0 Å². The third kappa shape index (κ3) is 2.82. The zero-order valence-electron chi connectivity index (χ0n) is 12.4. The van der Waals surface area contributed by atoms with Gasteiger partial charge in [0.15, 0.2) is 0 Å². The maximum absolute atomic E-state index is 12.5. The molecule has 2 saturated carbocycles. The smallest absolute Gasteiger partial charge is 0.240 e. The number of hydrogen-bond donors (Lipinski definition) is 1. The number of ether oxygens (including phenoxy) is 2. The molecule has 3 atom stereocenters. The van der Waals surface area contributed by atoms with Gasteiger partial charge in [-0.05, 0) is 26.2 Å². The van der Waals surface area contributed by atoms with Gasteiger partial charge in [0.25, 0.3) is 0 Å². The second kappa shape index (κ2) is 6.55. The molecule has 0 aromatic carbocycles. The number of amides is 1. The third-order valence-corrected chi connectivity index (χ3v) is 4.57. The van der Waals surface area contributed by atoms with Crippen LogP contribution in [0.2, 0.25) is 0 Å². The minimum absolute atomic E-state index is 0.0313. The molecule has 2 rings (SSSR count). The van der Waals surface area contributed by atoms with E-state index in [-0.39, 0.29) is 24.2 Å². The lowest BCUT2D eigenvalue weighted by molar-refractivity contribution is -0.148. The topological polar surface area (TPSA) is 71.3 Å². The molecular weight excluding hydrogens is 256 g/mol. The highest BCUT2D eigenvalue weighted by Gasteiger charge is 2.47. The van der Waals surface area contributed by atoms with Crippen molar-refractivity contribution in [1.82, 2.24) is 5.32 Å². The fourth-order valence-electron chi connectivity index (χ4n) is 3.27. The van der Waals surface area contributed by atoms with Crippen molar-refractivity contribution < 1.29 is 14.3 Å². The van der Waals surface area contributed by atoms with Crippen LogP contribution in [0.5, 0.6) is 0 Å². The van der Waals surface area contributed by atoms with Gasteiger partial charge in [0.2, 0.25) is 5.91 Å². The molecule has 5 nitrogen and oxygen atoms in total. The van der Waals surface area contributed by atoms with Crippen molar-refractivity contribution >= 4 is 5.91 Å². The van der Waals surface area contributed by atoms with E-state index in [2.05, 4.69) is 11.4 Å². The molecule has 0 spiro atoms. The first-order valence-electron chi connectivity index (χ1n) is 7.53. The largest absolute Gasteiger partial charge is 0.377 e. The predicted molar refractivity (Wildman–Crippen MR) is 73.9 cm³/mol. The van der Waals surface area contributed by atoms with Crippen molar-refractivity contribution in [3.8, 4) is 6.07 Å². The molecule has 1 amide bonds. The van der Waals surface area contributed by atoms with E-state index in [1.807, 2.05) is 6.92 Å². The van der Waals surface area contributed by atoms with Crippen molar-refractivity contribution in [1.29, 1.82) is 5.26 Å². The molecule has 0 radical (unpaired) electrons. The van der Waals surface area contributed by atoms with Gasteiger partial charge in [0.05, 0.1) is 18.2 Å². The summed E-state index contributed by atoms with van der Waals surface area (Å²) < 4.78 is 10.9. The average Bonchev–Trinajstić information content (AvgIpc) is 2.47. The van der Waals surface area contributed by atoms with Crippen LogP contribution < -0.4 is 5.32 Å². The highest BCUT2D eigenvalue weighted by atomic mass is 16.5. The Balaban J connectivity index is 1.93. The molecule has 0 unspecified atom stereocenters. The molecule has 2 aliphatic carbocycles. The summed E-state index contributed by atoms with van der Waals surface area (Å²) in [5, 5.41) is 12.4. The van der Waals surface area contributed by atoms with Gasteiger partial charge in [0, 0.05) is 13.7 Å². The normalized spacial score (nSPS) is 31.9. The molecule has 0 heterocycles. The second-order valence-corrected chi connectivity index (χ2v) is 5.76. The molecule has 5 heteroatoms. The molecule has 20 heavy (non-hydrogen) atoms. The molecule has 0 saturated heterocycles. The van der Waals surface area contributed by atoms with Gasteiger partial charge >= 0.3 is 0 Å². The van der Waals surface area contributed by atoms with Crippen LogP contribution in [-0.2, 0) is 14.3 Å². The van der Waals surface area contributed by atoms with Crippen molar-refractivity contribution in [2.24, 2.45) is 5.41 Å². The molecule has 0 aromatic rings. The number of rotatable bonds is 5. The average molecular weight is 280 g/mol. The summed E-state index contributed by atoms with van der Waals surface area (Å²) in [5.74, 6) is -0.123. The van der Waals surface area contributed by atoms with Gasteiger partial charge < -0.3 is 14.8 Å². The number of methoxy groups -OCH3 is 1. The van der Waals surface area contributed by atoms with E-state index in [1.165, 1.54) is 0 Å². The van der Waals surface area contributed by atoms with Crippen molar-refractivity contribution in [2.45, 2.75) is 63.7 Å². The minimum atomic E-state index is -0.826. The molecule has 2 aliphatic rings. The van der Waals surface area contributed by atoms with Crippen molar-refractivity contribution in [3.05, 3.63) is 0 Å². The Morgan fingerprint density at radius 2 is 2.10 bits per heavy atom. The molecule has 0 aliphatic heterocycles. The minimum Gasteiger partial charge on any atom is -0.377 e. The van der Waals surface area contributed by atoms with Gasteiger partial charge in [-0.3, -0.25) is 4.79 Å². The number of nitrogens with one attached hydrogen (secondary N) is 1. The van der Waals surface area contributed by atoms with E-state index < -0.39 is 5.41 Å². The van der Waals surface area contributed by atoms with E-state index in [4.69, 9.17) is 9.47 Å². The summed E-state index contributed by atoms with van der Waals surface area (Å²) in [4.78, 5) is 12.5. The number of hydrogen-bond acceptors (Lipinski definition) is 4. The summed E-state index contributed by atoms with van der Waals surface area (Å²) >= 11 is 0. The Bertz CT molecular complexity index is 385. The van der Waals surface area contributed by atoms with Crippen LogP contribution in [0.4, 0.5) is 0 Å². The first kappa shape index (κ1) is 15.3. The van der Waals surface area contributed by atoms with Crippen LogP contribution in [0.1, 0.15) is 45.4 Å². The quantitative estimate of drug-likeness (QED) is 0.833. The van der Waals surface area contributed by atoms with Gasteiger partial charge in [-0.2, -0.15) is 5.26 Å². The van der Waals surface area contributed by atoms with Crippen LogP contribution in [0, 0.1) is 16.7 Å². The van der Waals surface area contributed by atoms with Gasteiger partial charge in [-0.1, -0.05) is 19.3 Å².